The molecule has 0 spiro atoms. The molecule has 22 heavy (non-hydrogen) atoms. The summed E-state index contributed by atoms with van der Waals surface area (Å²) in [5, 5.41) is 2.63. The van der Waals surface area contributed by atoms with Crippen molar-refractivity contribution in [3.8, 4) is 5.75 Å². The van der Waals surface area contributed by atoms with Gasteiger partial charge in [-0.05, 0) is 43.3 Å². The van der Waals surface area contributed by atoms with E-state index >= 15 is 0 Å². The molecule has 1 N–H and O–H groups in total. The van der Waals surface area contributed by atoms with Crippen molar-refractivity contribution >= 4 is 17.7 Å². The van der Waals surface area contributed by atoms with Crippen molar-refractivity contribution in [1.29, 1.82) is 0 Å². The van der Waals surface area contributed by atoms with E-state index in [2.05, 4.69) is 10.3 Å². The summed E-state index contributed by atoms with van der Waals surface area (Å²) in [6, 6.07) is 9.67. The molecule has 0 unspecified atom stereocenters. The maximum absolute atomic E-state index is 12.1. The molecule has 1 aromatic carbocycles. The maximum Gasteiger partial charge on any atom is 0.338 e. The molecule has 0 aliphatic rings. The fourth-order valence-electron chi connectivity index (χ4n) is 1.77. The Balaban J connectivity index is 2.10. The van der Waals surface area contributed by atoms with Gasteiger partial charge in [-0.15, -0.1) is 0 Å². The van der Waals surface area contributed by atoms with E-state index in [9.17, 15) is 9.59 Å². The van der Waals surface area contributed by atoms with E-state index < -0.39 is 5.97 Å². The van der Waals surface area contributed by atoms with Gasteiger partial charge in [0, 0.05) is 11.8 Å². The fourth-order valence-corrected chi connectivity index (χ4v) is 1.77. The number of anilines is 1. The molecule has 0 atom stereocenters. The first-order valence-corrected chi connectivity index (χ1v) is 6.72. The van der Waals surface area contributed by atoms with Crippen molar-refractivity contribution in [3.05, 3.63) is 53.7 Å². The molecule has 0 aliphatic heterocycles. The summed E-state index contributed by atoms with van der Waals surface area (Å²) in [5.41, 5.74) is 0.797. The molecule has 1 heterocycles. The molecule has 6 nitrogen and oxygen atoms in total. The largest absolute Gasteiger partial charge is 0.497 e. The van der Waals surface area contributed by atoms with Crippen LogP contribution in [0.5, 0.6) is 5.75 Å². The minimum absolute atomic E-state index is 0.284. The number of nitrogens with one attached hydrogen (secondary N) is 1. The van der Waals surface area contributed by atoms with Crippen LogP contribution in [0.2, 0.25) is 0 Å². The van der Waals surface area contributed by atoms with Crippen LogP contribution in [0.15, 0.2) is 42.6 Å². The highest BCUT2D eigenvalue weighted by Gasteiger charge is 2.10. The molecular weight excluding hydrogens is 284 g/mol. The van der Waals surface area contributed by atoms with Crippen molar-refractivity contribution < 1.29 is 19.1 Å². The van der Waals surface area contributed by atoms with Crippen LogP contribution in [-0.4, -0.2) is 30.6 Å². The third kappa shape index (κ3) is 3.82. The molecule has 2 rings (SSSR count). The molecule has 0 bridgehead atoms. The number of nitrogens with zero attached hydrogens (tertiary/aromatic N) is 1. The molecular formula is C16H16N2O4. The molecule has 0 aliphatic carbocycles. The summed E-state index contributed by atoms with van der Waals surface area (Å²) in [7, 11) is 1.56. The van der Waals surface area contributed by atoms with Crippen LogP contribution < -0.4 is 10.1 Å². The number of methoxy groups -OCH3 is 1. The van der Waals surface area contributed by atoms with E-state index in [-0.39, 0.29) is 18.3 Å². The highest BCUT2D eigenvalue weighted by atomic mass is 16.5. The summed E-state index contributed by atoms with van der Waals surface area (Å²) in [6.07, 6.45) is 1.44. The lowest BCUT2D eigenvalue weighted by Gasteiger charge is -2.07. The number of carbonyl (C=O) groups is 2. The fraction of sp³-hybridized carbons (Fsp3) is 0.188. The van der Waals surface area contributed by atoms with Crippen LogP contribution in [0.3, 0.4) is 0 Å². The van der Waals surface area contributed by atoms with E-state index in [4.69, 9.17) is 9.47 Å². The lowest BCUT2D eigenvalue weighted by molar-refractivity contribution is 0.0526. The molecule has 2 aromatic rings. The summed E-state index contributed by atoms with van der Waals surface area (Å²) in [6.45, 7) is 2.01. The number of amides is 1. The Bertz CT molecular complexity index is 668. The number of rotatable bonds is 5. The van der Waals surface area contributed by atoms with Crippen LogP contribution in [0.4, 0.5) is 5.82 Å². The molecule has 0 saturated heterocycles. The normalized spacial score (nSPS) is 9.91. The minimum atomic E-state index is -0.454. The van der Waals surface area contributed by atoms with Gasteiger partial charge in [-0.3, -0.25) is 4.79 Å². The Labute approximate surface area is 128 Å². The predicted molar refractivity (Wildman–Crippen MR) is 81.1 cm³/mol. The van der Waals surface area contributed by atoms with E-state index in [1.54, 1.807) is 38.3 Å². The third-order valence-electron chi connectivity index (χ3n) is 2.86. The topological polar surface area (TPSA) is 77.5 Å². The van der Waals surface area contributed by atoms with Gasteiger partial charge in [-0.25, -0.2) is 9.78 Å². The van der Waals surface area contributed by atoms with Gasteiger partial charge in [0.15, 0.2) is 0 Å². The van der Waals surface area contributed by atoms with Gasteiger partial charge in [0.25, 0.3) is 5.91 Å². The molecule has 1 aromatic heterocycles. The average molecular weight is 300 g/mol. The van der Waals surface area contributed by atoms with Gasteiger partial charge in [-0.1, -0.05) is 0 Å². The first kappa shape index (κ1) is 15.5. The highest BCUT2D eigenvalue weighted by Crippen LogP contribution is 2.14. The summed E-state index contributed by atoms with van der Waals surface area (Å²) in [4.78, 5) is 27.8. The molecule has 0 saturated carbocycles. The maximum atomic E-state index is 12.1. The van der Waals surface area contributed by atoms with Crippen molar-refractivity contribution in [2.45, 2.75) is 6.92 Å². The summed E-state index contributed by atoms with van der Waals surface area (Å²) >= 11 is 0. The Kier molecular flexibility index (Phi) is 5.08. The van der Waals surface area contributed by atoms with Crippen LogP contribution in [0.25, 0.3) is 0 Å². The van der Waals surface area contributed by atoms with Gasteiger partial charge in [0.2, 0.25) is 0 Å². The second kappa shape index (κ2) is 7.21. The zero-order chi connectivity index (χ0) is 15.9. The van der Waals surface area contributed by atoms with Crippen molar-refractivity contribution in [1.82, 2.24) is 4.98 Å². The van der Waals surface area contributed by atoms with Crippen molar-refractivity contribution in [2.75, 3.05) is 19.0 Å². The quantitative estimate of drug-likeness (QED) is 0.858. The van der Waals surface area contributed by atoms with Gasteiger partial charge < -0.3 is 14.8 Å². The molecule has 114 valence electrons. The number of aromatic nitrogens is 1. The van der Waals surface area contributed by atoms with Crippen LogP contribution in [0.1, 0.15) is 27.6 Å². The second-order valence-electron chi connectivity index (χ2n) is 4.33. The monoisotopic (exact) mass is 300 g/mol. The second-order valence-corrected chi connectivity index (χ2v) is 4.33. The predicted octanol–water partition coefficient (Wildman–Crippen LogP) is 2.52. The number of ether oxygens (including phenoxy) is 2. The number of hydrogen-bond acceptors (Lipinski definition) is 5. The average Bonchev–Trinajstić information content (AvgIpc) is 2.55. The van der Waals surface area contributed by atoms with Gasteiger partial charge in [0.1, 0.15) is 11.6 Å². The van der Waals surface area contributed by atoms with Gasteiger partial charge in [0.05, 0.1) is 19.3 Å². The van der Waals surface area contributed by atoms with Crippen LogP contribution >= 0.6 is 0 Å². The number of pyridine rings is 1. The molecule has 6 heteroatoms. The molecule has 0 fully saturated rings. The Morgan fingerprint density at radius 3 is 2.50 bits per heavy atom. The molecule has 0 radical (unpaired) electrons. The Hall–Kier alpha value is -2.89. The number of carbonyl (C=O) groups excluding carboxylic acids is 2. The van der Waals surface area contributed by atoms with E-state index in [1.165, 1.54) is 18.3 Å². The Morgan fingerprint density at radius 2 is 1.86 bits per heavy atom. The lowest BCUT2D eigenvalue weighted by Crippen LogP contribution is -2.14. The minimum Gasteiger partial charge on any atom is -0.497 e. The van der Waals surface area contributed by atoms with Crippen LogP contribution in [0, 0.1) is 0 Å². The number of hydrogen-bond donors (Lipinski definition) is 1. The van der Waals surface area contributed by atoms with Crippen molar-refractivity contribution in [3.63, 3.8) is 0 Å². The SMILES string of the molecule is CCOC(=O)c1ccnc(NC(=O)c2ccc(OC)cc2)c1. The Morgan fingerprint density at radius 1 is 1.14 bits per heavy atom. The van der Waals surface area contributed by atoms with E-state index in [0.29, 0.717) is 16.9 Å². The zero-order valence-electron chi connectivity index (χ0n) is 12.3. The summed E-state index contributed by atoms with van der Waals surface area (Å²) < 4.78 is 9.94. The van der Waals surface area contributed by atoms with Crippen LogP contribution in [-0.2, 0) is 4.74 Å². The standard InChI is InChI=1S/C16H16N2O4/c1-3-22-16(20)12-8-9-17-14(10-12)18-15(19)11-4-6-13(21-2)7-5-11/h4-10H,3H2,1-2H3,(H,17,18,19). The van der Waals surface area contributed by atoms with E-state index in [0.717, 1.165) is 0 Å². The number of esters is 1. The molecule has 1 amide bonds. The van der Waals surface area contributed by atoms with Crippen molar-refractivity contribution in [2.24, 2.45) is 0 Å². The van der Waals surface area contributed by atoms with E-state index in [1.807, 2.05) is 0 Å². The smallest absolute Gasteiger partial charge is 0.338 e. The number of benzene rings is 1. The highest BCUT2D eigenvalue weighted by molar-refractivity contribution is 6.04. The van der Waals surface area contributed by atoms with Gasteiger partial charge >= 0.3 is 5.97 Å². The first-order valence-electron chi connectivity index (χ1n) is 6.72. The third-order valence-corrected chi connectivity index (χ3v) is 2.86. The summed E-state index contributed by atoms with van der Waals surface area (Å²) in [5.74, 6) is 0.173. The van der Waals surface area contributed by atoms with Gasteiger partial charge in [-0.2, -0.15) is 0 Å². The lowest BCUT2D eigenvalue weighted by atomic mass is 10.2. The first-order chi connectivity index (χ1) is 10.6. The zero-order valence-corrected chi connectivity index (χ0v) is 12.3.